The molecule has 0 saturated heterocycles. The van der Waals surface area contributed by atoms with Crippen molar-refractivity contribution in [2.24, 2.45) is 0 Å². The van der Waals surface area contributed by atoms with Gasteiger partial charge < -0.3 is 9.59 Å². The SMILES string of the molecule is C=O.C=O.CC.CCC#N.Cc1ccc(C)cc1. The van der Waals surface area contributed by atoms with Crippen molar-refractivity contribution in [1.82, 2.24) is 0 Å². The van der Waals surface area contributed by atoms with Crippen LogP contribution in [0.15, 0.2) is 24.3 Å². The normalized spacial score (nSPS) is 6.00. The summed E-state index contributed by atoms with van der Waals surface area (Å²) < 4.78 is 0. The zero-order chi connectivity index (χ0) is 15.4. The van der Waals surface area contributed by atoms with Gasteiger partial charge in [-0.3, -0.25) is 0 Å². The van der Waals surface area contributed by atoms with E-state index >= 15 is 0 Å². The van der Waals surface area contributed by atoms with Crippen LogP contribution < -0.4 is 0 Å². The van der Waals surface area contributed by atoms with Gasteiger partial charge in [0.1, 0.15) is 13.6 Å². The van der Waals surface area contributed by atoms with E-state index in [9.17, 15) is 0 Å². The Bertz CT molecular complexity index is 253. The van der Waals surface area contributed by atoms with E-state index in [2.05, 4.69) is 38.1 Å². The molecule has 0 bridgehead atoms. The second kappa shape index (κ2) is 29.4. The topological polar surface area (TPSA) is 57.9 Å². The first kappa shape index (κ1) is 25.0. The summed E-state index contributed by atoms with van der Waals surface area (Å²) in [5.41, 5.74) is 2.66. The van der Waals surface area contributed by atoms with Crippen LogP contribution in [-0.2, 0) is 9.59 Å². The third-order valence-corrected chi connectivity index (χ3v) is 1.38. The predicted octanol–water partition coefficient (Wildman–Crippen LogP) is 3.88. The van der Waals surface area contributed by atoms with Gasteiger partial charge >= 0.3 is 0 Å². The lowest BCUT2D eigenvalue weighted by Gasteiger charge is -1.90. The molecule has 18 heavy (non-hydrogen) atoms. The second-order valence-corrected chi connectivity index (χ2v) is 2.67. The molecule has 0 aromatic heterocycles. The maximum Gasteiger partial charge on any atom is 0.106 e. The van der Waals surface area contributed by atoms with E-state index in [-0.39, 0.29) is 0 Å². The Morgan fingerprint density at radius 2 is 1.11 bits per heavy atom. The molecule has 1 aromatic rings. The van der Waals surface area contributed by atoms with Gasteiger partial charge in [-0.05, 0) is 13.8 Å². The van der Waals surface area contributed by atoms with Crippen LogP contribution in [0.25, 0.3) is 0 Å². The average molecular weight is 251 g/mol. The summed E-state index contributed by atoms with van der Waals surface area (Å²) in [5, 5.41) is 7.62. The van der Waals surface area contributed by atoms with Crippen molar-refractivity contribution in [2.45, 2.75) is 41.0 Å². The van der Waals surface area contributed by atoms with Gasteiger partial charge in [-0.15, -0.1) is 0 Å². The number of rotatable bonds is 0. The molecule has 0 spiro atoms. The van der Waals surface area contributed by atoms with Crippen molar-refractivity contribution in [2.75, 3.05) is 0 Å². The quantitative estimate of drug-likeness (QED) is 0.703. The van der Waals surface area contributed by atoms with Crippen molar-refractivity contribution >= 4 is 13.6 Å². The summed E-state index contributed by atoms with van der Waals surface area (Å²) in [6, 6.07) is 10.4. The smallest absolute Gasteiger partial charge is 0.106 e. The second-order valence-electron chi connectivity index (χ2n) is 2.67. The molecule has 0 heterocycles. The summed E-state index contributed by atoms with van der Waals surface area (Å²) >= 11 is 0. The largest absolute Gasteiger partial charge is 0.307 e. The van der Waals surface area contributed by atoms with E-state index in [0.717, 1.165) is 0 Å². The molecule has 3 nitrogen and oxygen atoms in total. The highest BCUT2D eigenvalue weighted by atomic mass is 16.1. The Labute approximate surface area is 111 Å². The summed E-state index contributed by atoms with van der Waals surface area (Å²) in [4.78, 5) is 16.0. The van der Waals surface area contributed by atoms with Crippen LogP contribution in [0.3, 0.4) is 0 Å². The monoisotopic (exact) mass is 251 g/mol. The molecule has 0 aliphatic carbocycles. The molecule has 0 fully saturated rings. The molecular formula is C15H25NO2. The maximum absolute atomic E-state index is 8.00. The molecule has 0 aliphatic rings. The first-order valence-corrected chi connectivity index (χ1v) is 5.68. The van der Waals surface area contributed by atoms with Gasteiger partial charge in [0.05, 0.1) is 6.07 Å². The third-order valence-electron chi connectivity index (χ3n) is 1.38. The van der Waals surface area contributed by atoms with Crippen molar-refractivity contribution in [1.29, 1.82) is 5.26 Å². The van der Waals surface area contributed by atoms with E-state index in [1.165, 1.54) is 11.1 Å². The van der Waals surface area contributed by atoms with Gasteiger partial charge in [0.2, 0.25) is 0 Å². The fraction of sp³-hybridized carbons (Fsp3) is 0.400. The molecule has 3 heteroatoms. The van der Waals surface area contributed by atoms with Crippen LogP contribution in [0.5, 0.6) is 0 Å². The standard InChI is InChI=1S/C8H10.C3H5N.C2H6.2CH2O/c1-7-3-5-8(2)6-4-7;1-2-3-4;3*1-2/h3-6H,1-2H3;2H2,1H3;1-2H3;2*1H2. The number of hydrogen-bond donors (Lipinski definition) is 0. The van der Waals surface area contributed by atoms with Crippen LogP contribution in [0.1, 0.15) is 38.3 Å². The summed E-state index contributed by atoms with van der Waals surface area (Å²) in [6.07, 6.45) is 0.625. The summed E-state index contributed by atoms with van der Waals surface area (Å²) in [7, 11) is 0. The molecular weight excluding hydrogens is 226 g/mol. The molecule has 0 atom stereocenters. The Morgan fingerprint density at radius 1 is 0.944 bits per heavy atom. The van der Waals surface area contributed by atoms with Gasteiger partial charge in [0.25, 0.3) is 0 Å². The van der Waals surface area contributed by atoms with Crippen LogP contribution >= 0.6 is 0 Å². The molecule has 0 amide bonds. The highest BCUT2D eigenvalue weighted by molar-refractivity contribution is 5.19. The molecule has 0 radical (unpaired) electrons. The number of carbonyl (C=O) groups excluding carboxylic acids is 2. The lowest BCUT2D eigenvalue weighted by Crippen LogP contribution is -1.70. The Hall–Kier alpha value is -1.95. The first-order chi connectivity index (χ1) is 8.70. The summed E-state index contributed by atoms with van der Waals surface area (Å²) in [5.74, 6) is 0. The number of carbonyl (C=O) groups is 2. The van der Waals surface area contributed by atoms with Gasteiger partial charge in [0, 0.05) is 6.42 Å². The Morgan fingerprint density at radius 3 is 1.22 bits per heavy atom. The van der Waals surface area contributed by atoms with Crippen LogP contribution in [0.2, 0.25) is 0 Å². The number of nitrogens with zero attached hydrogens (tertiary/aromatic N) is 1. The molecule has 0 aliphatic heterocycles. The Balaban J connectivity index is -0.0000000841. The highest BCUT2D eigenvalue weighted by Crippen LogP contribution is 1.99. The summed E-state index contributed by atoms with van der Waals surface area (Å²) in [6.45, 7) is 14.0. The first-order valence-electron chi connectivity index (χ1n) is 5.68. The van der Waals surface area contributed by atoms with E-state index in [1.807, 2.05) is 40.4 Å². The minimum atomic E-state index is 0.625. The van der Waals surface area contributed by atoms with Crippen LogP contribution in [-0.4, -0.2) is 13.6 Å². The minimum absolute atomic E-state index is 0.625. The van der Waals surface area contributed by atoms with E-state index in [1.54, 1.807) is 0 Å². The number of benzene rings is 1. The zero-order valence-corrected chi connectivity index (χ0v) is 12.2. The number of nitriles is 1. The lowest BCUT2D eigenvalue weighted by molar-refractivity contribution is -0.0987. The molecule has 0 unspecified atom stereocenters. The average Bonchev–Trinajstić information content (AvgIpc) is 2.49. The van der Waals surface area contributed by atoms with Crippen LogP contribution in [0.4, 0.5) is 0 Å². The van der Waals surface area contributed by atoms with Gasteiger partial charge in [-0.25, -0.2) is 0 Å². The van der Waals surface area contributed by atoms with E-state index < -0.39 is 0 Å². The van der Waals surface area contributed by atoms with Crippen molar-refractivity contribution < 1.29 is 9.59 Å². The molecule has 102 valence electrons. The fourth-order valence-corrected chi connectivity index (χ4v) is 0.637. The Kier molecular flexibility index (Phi) is 40.9. The molecule has 0 N–H and O–H groups in total. The van der Waals surface area contributed by atoms with Gasteiger partial charge in [-0.1, -0.05) is 56.2 Å². The fourth-order valence-electron chi connectivity index (χ4n) is 0.637. The van der Waals surface area contributed by atoms with Crippen LogP contribution in [0, 0.1) is 25.2 Å². The molecule has 1 aromatic carbocycles. The van der Waals surface area contributed by atoms with Crippen molar-refractivity contribution in [3.63, 3.8) is 0 Å². The third kappa shape index (κ3) is 29.2. The van der Waals surface area contributed by atoms with Gasteiger partial charge in [0.15, 0.2) is 0 Å². The molecule has 0 saturated carbocycles. The van der Waals surface area contributed by atoms with Crippen molar-refractivity contribution in [3.8, 4) is 6.07 Å². The zero-order valence-electron chi connectivity index (χ0n) is 12.2. The number of aryl methyl sites for hydroxylation is 2. The lowest BCUT2D eigenvalue weighted by atomic mass is 10.2. The van der Waals surface area contributed by atoms with E-state index in [4.69, 9.17) is 14.9 Å². The van der Waals surface area contributed by atoms with E-state index in [0.29, 0.717) is 6.42 Å². The minimum Gasteiger partial charge on any atom is -0.307 e. The predicted molar refractivity (Wildman–Crippen MR) is 77.4 cm³/mol. The highest BCUT2D eigenvalue weighted by Gasteiger charge is 1.79. The van der Waals surface area contributed by atoms with Crippen molar-refractivity contribution in [3.05, 3.63) is 35.4 Å². The molecule has 1 rings (SSSR count). The van der Waals surface area contributed by atoms with Gasteiger partial charge in [-0.2, -0.15) is 5.26 Å². The maximum atomic E-state index is 8.00. The number of hydrogen-bond acceptors (Lipinski definition) is 3.